The van der Waals surface area contributed by atoms with E-state index in [-0.39, 0.29) is 26.2 Å². The molecular weight excluding hydrogens is 576 g/mol. The average Bonchev–Trinajstić information content (AvgIpc) is 3.04. The van der Waals surface area contributed by atoms with Crippen molar-refractivity contribution < 1.29 is 29.2 Å². The largest absolute Gasteiger partial charge is 0.390 e. The third kappa shape index (κ3) is 8.08. The number of aliphatic hydroxyl groups is 2. The van der Waals surface area contributed by atoms with E-state index in [2.05, 4.69) is 40.1 Å². The normalized spacial score (nSPS) is 31.3. The quantitative estimate of drug-likeness (QED) is 0.184. The van der Waals surface area contributed by atoms with Crippen LogP contribution in [0.3, 0.4) is 0 Å². The van der Waals surface area contributed by atoms with E-state index in [4.69, 9.17) is 35.5 Å². The van der Waals surface area contributed by atoms with Crippen molar-refractivity contribution in [1.82, 2.24) is 0 Å². The molecule has 1 saturated heterocycles. The van der Waals surface area contributed by atoms with Crippen LogP contribution in [0.25, 0.3) is 41.8 Å². The number of hydrogen-bond acceptors (Lipinski definition) is 10. The third-order valence-electron chi connectivity index (χ3n) is 7.33. The lowest BCUT2D eigenvalue weighted by Gasteiger charge is -2.47. The first kappa shape index (κ1) is 32.4. The summed E-state index contributed by atoms with van der Waals surface area (Å²) < 4.78 is 24.8. The van der Waals surface area contributed by atoms with Crippen molar-refractivity contribution in [1.29, 1.82) is 0 Å². The van der Waals surface area contributed by atoms with Gasteiger partial charge in [-0.3, -0.25) is 0 Å². The van der Waals surface area contributed by atoms with E-state index in [1.165, 1.54) is 0 Å². The maximum atomic E-state index is 10.9. The lowest BCUT2D eigenvalue weighted by molar-refractivity contribution is -0.300. The van der Waals surface area contributed by atoms with Crippen molar-refractivity contribution in [3.05, 3.63) is 114 Å². The van der Waals surface area contributed by atoms with Gasteiger partial charge in [0.15, 0.2) is 6.29 Å². The molecule has 18 heteroatoms. The van der Waals surface area contributed by atoms with Gasteiger partial charge in [-0.25, -0.2) is 0 Å². The zero-order chi connectivity index (χ0) is 31.3. The monoisotopic (exact) mass is 606 g/mol. The Morgan fingerprint density at radius 3 is 1.84 bits per heavy atom. The van der Waals surface area contributed by atoms with E-state index >= 15 is 0 Å². The fourth-order valence-electron chi connectivity index (χ4n) is 5.23. The summed E-state index contributed by atoms with van der Waals surface area (Å²) in [5, 5.41) is 36.3. The maximum Gasteiger partial charge on any atom is 0.169 e. The molecular formula is C26H30N12O6. The molecule has 2 N–H and O–H groups in total. The molecule has 2 aromatic rings. The van der Waals surface area contributed by atoms with Crippen molar-refractivity contribution in [3.8, 4) is 0 Å². The molecule has 1 aliphatic carbocycles. The van der Waals surface area contributed by atoms with Crippen LogP contribution in [-0.2, 0) is 32.2 Å². The second-order valence-corrected chi connectivity index (χ2v) is 10.0. The third-order valence-corrected chi connectivity index (χ3v) is 7.33. The predicted molar refractivity (Wildman–Crippen MR) is 153 cm³/mol. The first-order chi connectivity index (χ1) is 21.5. The Morgan fingerprint density at radius 1 is 0.705 bits per heavy atom. The summed E-state index contributed by atoms with van der Waals surface area (Å²) in [5.74, 6) is 0. The Hall–Kier alpha value is -4.56. The van der Waals surface area contributed by atoms with Crippen molar-refractivity contribution in [2.24, 2.45) is 20.5 Å². The molecule has 0 bridgehead atoms. The summed E-state index contributed by atoms with van der Waals surface area (Å²) in [7, 11) is 0. The minimum absolute atomic E-state index is 0.0784. The van der Waals surface area contributed by atoms with Crippen LogP contribution in [0, 0.1) is 0 Å². The highest BCUT2D eigenvalue weighted by Gasteiger charge is 2.51. The highest BCUT2D eigenvalue weighted by atomic mass is 16.7. The minimum Gasteiger partial charge on any atom is -0.390 e. The van der Waals surface area contributed by atoms with Crippen LogP contribution in [0.1, 0.15) is 17.5 Å². The summed E-state index contributed by atoms with van der Waals surface area (Å²) in [6.45, 7) is -0.0255. The molecule has 0 aromatic heterocycles. The first-order valence-electron chi connectivity index (χ1n) is 13.6. The van der Waals surface area contributed by atoms with Gasteiger partial charge in [-0.2, -0.15) is 0 Å². The summed E-state index contributed by atoms with van der Waals surface area (Å²) in [5.41, 5.74) is 38.3. The van der Waals surface area contributed by atoms with Crippen LogP contribution in [0.5, 0.6) is 0 Å². The summed E-state index contributed by atoms with van der Waals surface area (Å²) in [6, 6.07) is 15.1. The molecule has 2 aliphatic rings. The number of ether oxygens (including phenoxy) is 4. The fraction of sp³-hybridized carbons (Fsp3) is 0.538. The van der Waals surface area contributed by atoms with E-state index in [0.717, 1.165) is 11.1 Å². The Kier molecular flexibility index (Phi) is 12.0. The zero-order valence-electron chi connectivity index (χ0n) is 23.3. The van der Waals surface area contributed by atoms with E-state index < -0.39 is 61.0 Å². The summed E-state index contributed by atoms with van der Waals surface area (Å²) in [6.07, 6.45) is -9.13. The van der Waals surface area contributed by atoms with Gasteiger partial charge in [-0.05, 0) is 39.7 Å². The topological polar surface area (TPSA) is 272 Å². The predicted octanol–water partition coefficient (Wildman–Crippen LogP) is 4.74. The van der Waals surface area contributed by atoms with Gasteiger partial charge in [-0.1, -0.05) is 81.1 Å². The van der Waals surface area contributed by atoms with Gasteiger partial charge in [0.25, 0.3) is 0 Å². The van der Waals surface area contributed by atoms with Crippen LogP contribution in [0.4, 0.5) is 0 Å². The van der Waals surface area contributed by atoms with Gasteiger partial charge in [0.1, 0.15) is 24.4 Å². The first-order valence-corrected chi connectivity index (χ1v) is 13.6. The Bertz CT molecular complexity index is 1410. The molecule has 44 heavy (non-hydrogen) atoms. The van der Waals surface area contributed by atoms with Crippen LogP contribution in [0.15, 0.2) is 81.1 Å². The van der Waals surface area contributed by atoms with Crippen molar-refractivity contribution in [2.75, 3.05) is 6.54 Å². The van der Waals surface area contributed by atoms with E-state index in [1.54, 1.807) is 0 Å². The van der Waals surface area contributed by atoms with E-state index in [9.17, 15) is 15.7 Å². The van der Waals surface area contributed by atoms with Gasteiger partial charge in [0.05, 0.1) is 50.2 Å². The van der Waals surface area contributed by atoms with Gasteiger partial charge in [0, 0.05) is 19.6 Å². The standard InChI is InChI=1S/C26H30N12O6/c27-35-31-12-19-24(41-13-15-7-3-1-4-8-15)25(42-14-16-9-5-2-6-10-16)20(34-38-30)26(43-19)44-23-18(33-37-29)11-17(32-36-28)21(39)22(23)40/h1-10,17-26,39-40H,11-14H2/t17-,18?,19?,20?,21?,22-,23?,24-,25-,26-/m1/s1. The van der Waals surface area contributed by atoms with Gasteiger partial charge >= 0.3 is 0 Å². The molecule has 2 fully saturated rings. The average molecular weight is 607 g/mol. The molecule has 18 nitrogen and oxygen atoms in total. The van der Waals surface area contributed by atoms with Gasteiger partial charge in [-0.15, -0.1) is 0 Å². The van der Waals surface area contributed by atoms with E-state index in [0.29, 0.717) is 0 Å². The molecule has 1 saturated carbocycles. The number of nitrogens with zero attached hydrogens (tertiary/aromatic N) is 12. The van der Waals surface area contributed by atoms with Crippen LogP contribution in [-0.4, -0.2) is 77.8 Å². The molecule has 5 unspecified atom stereocenters. The molecule has 230 valence electrons. The van der Waals surface area contributed by atoms with Gasteiger partial charge in [0.2, 0.25) is 0 Å². The number of hydrogen-bond donors (Lipinski definition) is 2. The summed E-state index contributed by atoms with van der Waals surface area (Å²) >= 11 is 0. The van der Waals surface area contributed by atoms with E-state index in [1.807, 2.05) is 60.7 Å². The molecule has 1 heterocycles. The zero-order valence-corrected chi connectivity index (χ0v) is 23.3. The molecule has 0 spiro atoms. The van der Waals surface area contributed by atoms with Crippen molar-refractivity contribution in [3.63, 3.8) is 0 Å². The lowest BCUT2D eigenvalue weighted by atomic mass is 9.84. The summed E-state index contributed by atoms with van der Waals surface area (Å²) in [4.78, 5) is 11.3. The number of benzene rings is 2. The molecule has 0 radical (unpaired) electrons. The Balaban J connectivity index is 1.69. The van der Waals surface area contributed by atoms with Crippen LogP contribution < -0.4 is 0 Å². The number of azide groups is 4. The van der Waals surface area contributed by atoms with Crippen LogP contribution in [0.2, 0.25) is 0 Å². The van der Waals surface area contributed by atoms with Crippen LogP contribution >= 0.6 is 0 Å². The number of aliphatic hydroxyl groups excluding tert-OH is 2. The molecule has 1 aliphatic heterocycles. The maximum absolute atomic E-state index is 10.9. The molecule has 0 amide bonds. The second kappa shape index (κ2) is 16.3. The lowest BCUT2D eigenvalue weighted by Crippen LogP contribution is -2.63. The minimum atomic E-state index is -1.68. The molecule has 2 aromatic carbocycles. The van der Waals surface area contributed by atoms with Crippen molar-refractivity contribution in [2.45, 2.75) is 80.7 Å². The Labute approximate surface area is 250 Å². The Morgan fingerprint density at radius 2 is 1.27 bits per heavy atom. The van der Waals surface area contributed by atoms with Crippen molar-refractivity contribution >= 4 is 0 Å². The highest BCUT2D eigenvalue weighted by molar-refractivity contribution is 5.15. The highest BCUT2D eigenvalue weighted by Crippen LogP contribution is 2.35. The smallest absolute Gasteiger partial charge is 0.169 e. The SMILES string of the molecule is [N-]=[N+]=NCC1O[C@H](OC2C(N=[N+]=[N-])C[C@@H](N=[N+]=[N-])C(O)[C@H]2O)C(N=[N+]=[N-])[C@@H](OCc2ccccc2)[C@@H]1OCc1ccccc1. The second-order valence-electron chi connectivity index (χ2n) is 10.0. The number of rotatable bonds is 13. The molecule has 10 atom stereocenters. The fourth-order valence-corrected chi connectivity index (χ4v) is 5.23. The molecule has 4 rings (SSSR count). The van der Waals surface area contributed by atoms with Gasteiger partial charge < -0.3 is 29.2 Å².